The second kappa shape index (κ2) is 4.83. The van der Waals surface area contributed by atoms with Gasteiger partial charge in [0.1, 0.15) is 5.82 Å². The Morgan fingerprint density at radius 2 is 2.06 bits per heavy atom. The normalized spacial score (nSPS) is 10.1. The first kappa shape index (κ1) is 12.0. The lowest BCUT2D eigenvalue weighted by molar-refractivity contribution is 0.0989. The first-order valence-corrected chi connectivity index (χ1v) is 5.33. The number of rotatable bonds is 2. The summed E-state index contributed by atoms with van der Waals surface area (Å²) in [6.45, 7) is 0. The van der Waals surface area contributed by atoms with Gasteiger partial charge < -0.3 is 10.6 Å². The van der Waals surface area contributed by atoms with Crippen LogP contribution in [0, 0.1) is 5.82 Å². The molecule has 0 bridgehead atoms. The molecule has 0 aliphatic rings. The number of nitrogens with zero attached hydrogens (tertiary/aromatic N) is 2. The molecule has 0 saturated heterocycles. The lowest BCUT2D eigenvalue weighted by Gasteiger charge is -2.19. The van der Waals surface area contributed by atoms with Crippen LogP contribution in [0.2, 0.25) is 0 Å². The van der Waals surface area contributed by atoms with Gasteiger partial charge in [-0.25, -0.2) is 4.39 Å². The van der Waals surface area contributed by atoms with Crippen molar-refractivity contribution in [3.05, 3.63) is 54.1 Å². The van der Waals surface area contributed by atoms with Crippen molar-refractivity contribution >= 4 is 17.3 Å². The van der Waals surface area contributed by atoms with Crippen LogP contribution in [0.3, 0.4) is 0 Å². The number of amides is 1. The van der Waals surface area contributed by atoms with Crippen molar-refractivity contribution in [2.75, 3.05) is 17.7 Å². The van der Waals surface area contributed by atoms with Crippen LogP contribution in [0.25, 0.3) is 0 Å². The molecule has 0 unspecified atom stereocenters. The van der Waals surface area contributed by atoms with Gasteiger partial charge in [0.2, 0.25) is 0 Å². The van der Waals surface area contributed by atoms with Gasteiger partial charge in [-0.05, 0) is 18.2 Å². The first-order chi connectivity index (χ1) is 8.61. The second-order valence-corrected chi connectivity index (χ2v) is 3.78. The van der Waals surface area contributed by atoms with Gasteiger partial charge >= 0.3 is 0 Å². The molecule has 2 aromatic rings. The van der Waals surface area contributed by atoms with E-state index in [2.05, 4.69) is 4.98 Å². The van der Waals surface area contributed by atoms with E-state index in [1.165, 1.54) is 35.5 Å². The standard InChI is InChI=1S/C13H12FN3O/c1-17(12-6-7-16-8-11(12)15)13(18)9-4-2-3-5-10(9)14/h2-8H,15H2,1H3. The Morgan fingerprint density at radius 3 is 2.72 bits per heavy atom. The summed E-state index contributed by atoms with van der Waals surface area (Å²) in [5, 5.41) is 0. The molecule has 0 atom stereocenters. The highest BCUT2D eigenvalue weighted by Gasteiger charge is 2.18. The van der Waals surface area contributed by atoms with Crippen LogP contribution < -0.4 is 10.6 Å². The van der Waals surface area contributed by atoms with Crippen molar-refractivity contribution < 1.29 is 9.18 Å². The van der Waals surface area contributed by atoms with Crippen molar-refractivity contribution in [2.24, 2.45) is 0 Å². The number of nitrogen functional groups attached to an aromatic ring is 1. The molecule has 4 nitrogen and oxygen atoms in total. The number of carbonyl (C=O) groups is 1. The maximum Gasteiger partial charge on any atom is 0.261 e. The van der Waals surface area contributed by atoms with Gasteiger partial charge in [-0.1, -0.05) is 12.1 Å². The van der Waals surface area contributed by atoms with Crippen molar-refractivity contribution in [1.29, 1.82) is 0 Å². The quantitative estimate of drug-likeness (QED) is 0.881. The molecule has 0 aliphatic carbocycles. The fourth-order valence-electron chi connectivity index (χ4n) is 1.63. The molecule has 0 spiro atoms. The molecule has 1 amide bonds. The van der Waals surface area contributed by atoms with E-state index in [0.717, 1.165) is 0 Å². The van der Waals surface area contributed by atoms with Crippen LogP contribution in [0.4, 0.5) is 15.8 Å². The van der Waals surface area contributed by atoms with E-state index in [0.29, 0.717) is 11.4 Å². The maximum absolute atomic E-state index is 13.5. The Balaban J connectivity index is 2.36. The Bertz CT molecular complexity index is 586. The van der Waals surface area contributed by atoms with Crippen LogP contribution in [0.1, 0.15) is 10.4 Å². The second-order valence-electron chi connectivity index (χ2n) is 3.78. The molecule has 1 aromatic carbocycles. The lowest BCUT2D eigenvalue weighted by Crippen LogP contribution is -2.27. The monoisotopic (exact) mass is 245 g/mol. The Labute approximate surface area is 104 Å². The number of benzene rings is 1. The minimum Gasteiger partial charge on any atom is -0.396 e. The highest BCUT2D eigenvalue weighted by atomic mass is 19.1. The fraction of sp³-hybridized carbons (Fsp3) is 0.0769. The predicted molar refractivity (Wildman–Crippen MR) is 67.8 cm³/mol. The van der Waals surface area contributed by atoms with E-state index in [1.54, 1.807) is 19.2 Å². The summed E-state index contributed by atoms with van der Waals surface area (Å²) in [4.78, 5) is 17.3. The van der Waals surface area contributed by atoms with Crippen LogP contribution in [0.15, 0.2) is 42.7 Å². The number of hydrogen-bond donors (Lipinski definition) is 1. The zero-order valence-corrected chi connectivity index (χ0v) is 9.80. The number of hydrogen-bond acceptors (Lipinski definition) is 3. The third-order valence-corrected chi connectivity index (χ3v) is 2.60. The molecule has 1 aromatic heterocycles. The fourth-order valence-corrected chi connectivity index (χ4v) is 1.63. The highest BCUT2D eigenvalue weighted by molar-refractivity contribution is 6.07. The van der Waals surface area contributed by atoms with Gasteiger partial charge in [0.15, 0.2) is 0 Å². The Morgan fingerprint density at radius 1 is 1.33 bits per heavy atom. The van der Waals surface area contributed by atoms with Crippen molar-refractivity contribution in [2.45, 2.75) is 0 Å². The molecule has 5 heteroatoms. The minimum atomic E-state index is -0.554. The van der Waals surface area contributed by atoms with Gasteiger partial charge in [0.25, 0.3) is 5.91 Å². The summed E-state index contributed by atoms with van der Waals surface area (Å²) >= 11 is 0. The van der Waals surface area contributed by atoms with Crippen LogP contribution in [-0.2, 0) is 0 Å². The Hall–Kier alpha value is -2.43. The van der Waals surface area contributed by atoms with E-state index >= 15 is 0 Å². The van der Waals surface area contributed by atoms with Crippen molar-refractivity contribution in [3.63, 3.8) is 0 Å². The predicted octanol–water partition coefficient (Wildman–Crippen LogP) is 2.08. The molecule has 18 heavy (non-hydrogen) atoms. The molecule has 1 heterocycles. The zero-order valence-electron chi connectivity index (χ0n) is 9.80. The average Bonchev–Trinajstić information content (AvgIpc) is 2.38. The number of aromatic nitrogens is 1. The number of nitrogens with two attached hydrogens (primary N) is 1. The molecule has 92 valence electrons. The van der Waals surface area contributed by atoms with Gasteiger partial charge in [-0.2, -0.15) is 0 Å². The van der Waals surface area contributed by atoms with Crippen molar-refractivity contribution in [3.8, 4) is 0 Å². The third kappa shape index (κ3) is 2.15. The number of pyridine rings is 1. The summed E-state index contributed by atoms with van der Waals surface area (Å²) in [5.74, 6) is -1.01. The van der Waals surface area contributed by atoms with Crippen LogP contribution >= 0.6 is 0 Å². The molecule has 2 rings (SSSR count). The van der Waals surface area contributed by atoms with Crippen molar-refractivity contribution in [1.82, 2.24) is 4.98 Å². The Kier molecular flexibility index (Phi) is 3.23. The molecule has 0 aliphatic heterocycles. The number of anilines is 2. The zero-order chi connectivity index (χ0) is 13.1. The van der Waals surface area contributed by atoms with Gasteiger partial charge in [0.05, 0.1) is 23.1 Å². The van der Waals surface area contributed by atoms with E-state index < -0.39 is 11.7 Å². The summed E-state index contributed by atoms with van der Waals surface area (Å²) in [6, 6.07) is 7.43. The highest BCUT2D eigenvalue weighted by Crippen LogP contribution is 2.22. The van der Waals surface area contributed by atoms with E-state index in [9.17, 15) is 9.18 Å². The summed E-state index contributed by atoms with van der Waals surface area (Å²) < 4.78 is 13.5. The van der Waals surface area contributed by atoms with Crippen LogP contribution in [0.5, 0.6) is 0 Å². The molecule has 0 saturated carbocycles. The van der Waals surface area contributed by atoms with E-state index in [1.807, 2.05) is 0 Å². The molecule has 2 N–H and O–H groups in total. The SMILES string of the molecule is CN(C(=O)c1ccccc1F)c1ccncc1N. The minimum absolute atomic E-state index is 0.0104. The largest absolute Gasteiger partial charge is 0.396 e. The van der Waals surface area contributed by atoms with Gasteiger partial charge in [-0.15, -0.1) is 0 Å². The summed E-state index contributed by atoms with van der Waals surface area (Å²) in [7, 11) is 1.54. The average molecular weight is 245 g/mol. The topological polar surface area (TPSA) is 59.2 Å². The lowest BCUT2D eigenvalue weighted by atomic mass is 10.2. The summed E-state index contributed by atoms with van der Waals surface area (Å²) in [6.07, 6.45) is 2.97. The number of carbonyl (C=O) groups excluding carboxylic acids is 1. The third-order valence-electron chi connectivity index (χ3n) is 2.60. The van der Waals surface area contributed by atoms with Gasteiger partial charge in [-0.3, -0.25) is 9.78 Å². The smallest absolute Gasteiger partial charge is 0.261 e. The molecule has 0 radical (unpaired) electrons. The van der Waals surface area contributed by atoms with E-state index in [4.69, 9.17) is 5.73 Å². The molecule has 0 fully saturated rings. The van der Waals surface area contributed by atoms with Crippen LogP contribution in [-0.4, -0.2) is 17.9 Å². The van der Waals surface area contributed by atoms with Gasteiger partial charge in [0, 0.05) is 13.2 Å². The number of halogens is 1. The first-order valence-electron chi connectivity index (χ1n) is 5.33. The molecular formula is C13H12FN3O. The van der Waals surface area contributed by atoms with E-state index in [-0.39, 0.29) is 5.56 Å². The summed E-state index contributed by atoms with van der Waals surface area (Å²) in [5.41, 5.74) is 6.60. The molecular weight excluding hydrogens is 233 g/mol. The maximum atomic E-state index is 13.5.